The highest BCUT2D eigenvalue weighted by molar-refractivity contribution is 6.21. The summed E-state index contributed by atoms with van der Waals surface area (Å²) in [5.41, 5.74) is 5.44. The fraction of sp³-hybridized carbons (Fsp3) is 0.333. The molecule has 1 N–H and O–H groups in total. The highest BCUT2D eigenvalue weighted by Crippen LogP contribution is 2.36. The number of nitrogens with one attached hydrogen (secondary N) is 1. The maximum atomic E-state index is 13.2. The van der Waals surface area contributed by atoms with Gasteiger partial charge in [0.25, 0.3) is 11.8 Å². The summed E-state index contributed by atoms with van der Waals surface area (Å²) in [6.45, 7) is 3.89. The van der Waals surface area contributed by atoms with E-state index in [1.54, 1.807) is 26.4 Å². The van der Waals surface area contributed by atoms with Crippen LogP contribution in [0.3, 0.4) is 0 Å². The standard InChI is InChI=1S/C30H33N3O6/c1-36-23-9-5-21(6-10-23)19-38-27-17-25-26(18-28(27)39-20-22-7-11-24(37-2)12-8-22)30(35)33(29(25)34)31-13-16-32-14-3-4-15-32/h5-12,17-18,31H,3-4,13-16,19-20H2,1-2H3. The highest BCUT2D eigenvalue weighted by Gasteiger charge is 2.37. The molecule has 0 saturated carbocycles. The lowest BCUT2D eigenvalue weighted by Gasteiger charge is -2.19. The van der Waals surface area contributed by atoms with Crippen molar-refractivity contribution < 1.29 is 28.5 Å². The van der Waals surface area contributed by atoms with Crippen LogP contribution >= 0.6 is 0 Å². The molecular formula is C30H33N3O6. The third-order valence-corrected chi connectivity index (χ3v) is 6.95. The number of benzene rings is 3. The molecule has 1 fully saturated rings. The predicted molar refractivity (Wildman–Crippen MR) is 145 cm³/mol. The molecule has 2 aliphatic rings. The molecule has 9 heteroatoms. The second-order valence-corrected chi connectivity index (χ2v) is 9.52. The Morgan fingerprint density at radius 2 is 1.18 bits per heavy atom. The van der Waals surface area contributed by atoms with Crippen LogP contribution in [0.25, 0.3) is 0 Å². The molecule has 0 aliphatic carbocycles. The first-order chi connectivity index (χ1) is 19.1. The molecule has 0 spiro atoms. The van der Waals surface area contributed by atoms with Crippen molar-refractivity contribution >= 4 is 11.8 Å². The number of carbonyl (C=O) groups is 2. The lowest BCUT2D eigenvalue weighted by atomic mass is 10.1. The fourth-order valence-corrected chi connectivity index (χ4v) is 4.71. The van der Waals surface area contributed by atoms with E-state index >= 15 is 0 Å². The van der Waals surface area contributed by atoms with Crippen LogP contribution in [0.5, 0.6) is 23.0 Å². The summed E-state index contributed by atoms with van der Waals surface area (Å²) in [4.78, 5) is 28.7. The van der Waals surface area contributed by atoms with E-state index in [0.717, 1.165) is 47.3 Å². The molecule has 2 aliphatic heterocycles. The van der Waals surface area contributed by atoms with E-state index in [4.69, 9.17) is 18.9 Å². The number of imide groups is 1. The molecule has 0 atom stereocenters. The molecule has 1 saturated heterocycles. The Morgan fingerprint density at radius 1 is 0.718 bits per heavy atom. The van der Waals surface area contributed by atoms with Crippen LogP contribution in [0, 0.1) is 0 Å². The number of nitrogens with zero attached hydrogens (tertiary/aromatic N) is 2. The molecule has 39 heavy (non-hydrogen) atoms. The summed E-state index contributed by atoms with van der Waals surface area (Å²) in [6, 6.07) is 18.3. The number of hydrogen-bond donors (Lipinski definition) is 1. The Balaban J connectivity index is 1.34. The molecule has 9 nitrogen and oxygen atoms in total. The number of fused-ring (bicyclic) bond motifs is 1. The van der Waals surface area contributed by atoms with E-state index in [1.165, 1.54) is 12.8 Å². The molecule has 3 aromatic carbocycles. The largest absolute Gasteiger partial charge is 0.497 e. The molecule has 0 radical (unpaired) electrons. The van der Waals surface area contributed by atoms with Gasteiger partial charge in [0, 0.05) is 13.1 Å². The minimum absolute atomic E-state index is 0.252. The molecule has 2 amide bonds. The lowest BCUT2D eigenvalue weighted by molar-refractivity contribution is 0.0561. The SMILES string of the molecule is COc1ccc(COc2cc3c(cc2OCc2ccc(OC)cc2)C(=O)N(NCCN2CCCC2)C3=O)cc1. The van der Waals surface area contributed by atoms with Gasteiger partial charge in [0.05, 0.1) is 25.3 Å². The molecule has 0 aromatic heterocycles. The van der Waals surface area contributed by atoms with E-state index < -0.39 is 11.8 Å². The zero-order valence-corrected chi connectivity index (χ0v) is 22.3. The van der Waals surface area contributed by atoms with Gasteiger partial charge in [-0.3, -0.25) is 9.59 Å². The first-order valence-electron chi connectivity index (χ1n) is 13.1. The van der Waals surface area contributed by atoms with Gasteiger partial charge >= 0.3 is 0 Å². The van der Waals surface area contributed by atoms with Crippen molar-refractivity contribution in [2.45, 2.75) is 26.1 Å². The fourth-order valence-electron chi connectivity index (χ4n) is 4.71. The Bertz CT molecular complexity index is 1210. The molecule has 2 heterocycles. The van der Waals surface area contributed by atoms with Gasteiger partial charge < -0.3 is 23.8 Å². The van der Waals surface area contributed by atoms with Crippen LogP contribution in [0.1, 0.15) is 44.7 Å². The number of carbonyl (C=O) groups excluding carboxylic acids is 2. The van der Waals surface area contributed by atoms with Crippen molar-refractivity contribution in [3.05, 3.63) is 82.9 Å². The van der Waals surface area contributed by atoms with Gasteiger partial charge in [-0.1, -0.05) is 24.3 Å². The van der Waals surface area contributed by atoms with E-state index in [-0.39, 0.29) is 24.3 Å². The average molecular weight is 532 g/mol. The number of amides is 2. The number of hydrazine groups is 1. The minimum Gasteiger partial charge on any atom is -0.497 e. The van der Waals surface area contributed by atoms with Gasteiger partial charge in [-0.25, -0.2) is 10.4 Å². The van der Waals surface area contributed by atoms with Crippen molar-refractivity contribution in [1.29, 1.82) is 0 Å². The van der Waals surface area contributed by atoms with E-state index in [9.17, 15) is 9.59 Å². The van der Waals surface area contributed by atoms with Crippen LogP contribution in [0.15, 0.2) is 60.7 Å². The maximum Gasteiger partial charge on any atom is 0.276 e. The number of likely N-dealkylation sites (tertiary alicyclic amines) is 1. The highest BCUT2D eigenvalue weighted by atomic mass is 16.5. The van der Waals surface area contributed by atoms with Gasteiger partial charge in [0.2, 0.25) is 0 Å². The second-order valence-electron chi connectivity index (χ2n) is 9.52. The average Bonchev–Trinajstić information content (AvgIpc) is 3.57. The van der Waals surface area contributed by atoms with Gasteiger partial charge in [-0.2, -0.15) is 0 Å². The Morgan fingerprint density at radius 3 is 1.62 bits per heavy atom. The number of hydrogen-bond acceptors (Lipinski definition) is 8. The first kappa shape index (κ1) is 26.5. The van der Waals surface area contributed by atoms with E-state index in [2.05, 4.69) is 10.3 Å². The Kier molecular flexibility index (Phi) is 8.29. The molecular weight excluding hydrogens is 498 g/mol. The molecule has 5 rings (SSSR count). The van der Waals surface area contributed by atoms with Crippen molar-refractivity contribution in [2.75, 3.05) is 40.4 Å². The lowest BCUT2D eigenvalue weighted by Crippen LogP contribution is -2.45. The van der Waals surface area contributed by atoms with E-state index in [1.807, 2.05) is 48.5 Å². The summed E-state index contributed by atoms with van der Waals surface area (Å²) in [6.07, 6.45) is 2.37. The Hall–Kier alpha value is -4.08. The van der Waals surface area contributed by atoms with Gasteiger partial charge in [-0.05, 0) is 73.5 Å². The third kappa shape index (κ3) is 6.16. The second kappa shape index (κ2) is 12.2. The summed E-state index contributed by atoms with van der Waals surface area (Å²) in [5, 5.41) is 1.10. The predicted octanol–water partition coefficient (Wildman–Crippen LogP) is 4.06. The molecule has 0 unspecified atom stereocenters. The molecule has 3 aromatic rings. The van der Waals surface area contributed by atoms with Gasteiger partial charge in [0.1, 0.15) is 24.7 Å². The zero-order valence-electron chi connectivity index (χ0n) is 22.3. The number of ether oxygens (including phenoxy) is 4. The Labute approximate surface area is 228 Å². The summed E-state index contributed by atoms with van der Waals surface area (Å²) < 4.78 is 22.7. The van der Waals surface area contributed by atoms with Gasteiger partial charge in [0.15, 0.2) is 11.5 Å². The maximum absolute atomic E-state index is 13.2. The van der Waals surface area contributed by atoms with Crippen LogP contribution < -0.4 is 24.4 Å². The van der Waals surface area contributed by atoms with E-state index in [0.29, 0.717) is 18.0 Å². The summed E-state index contributed by atoms with van der Waals surface area (Å²) in [7, 11) is 3.23. The van der Waals surface area contributed by atoms with Crippen molar-refractivity contribution in [1.82, 2.24) is 15.3 Å². The van der Waals surface area contributed by atoms with Crippen molar-refractivity contribution in [2.24, 2.45) is 0 Å². The zero-order chi connectivity index (χ0) is 27.2. The van der Waals surface area contributed by atoms with Crippen LogP contribution in [-0.4, -0.2) is 62.1 Å². The van der Waals surface area contributed by atoms with Crippen molar-refractivity contribution in [3.8, 4) is 23.0 Å². The molecule has 0 bridgehead atoms. The van der Waals surface area contributed by atoms with Gasteiger partial charge in [-0.15, -0.1) is 0 Å². The van der Waals surface area contributed by atoms with Crippen LogP contribution in [0.2, 0.25) is 0 Å². The smallest absolute Gasteiger partial charge is 0.276 e. The third-order valence-electron chi connectivity index (χ3n) is 6.95. The topological polar surface area (TPSA) is 89.6 Å². The monoisotopic (exact) mass is 531 g/mol. The summed E-state index contributed by atoms with van der Waals surface area (Å²) >= 11 is 0. The van der Waals surface area contributed by atoms with Crippen LogP contribution in [-0.2, 0) is 13.2 Å². The summed E-state index contributed by atoms with van der Waals surface area (Å²) in [5.74, 6) is 1.48. The number of rotatable bonds is 12. The number of methoxy groups -OCH3 is 2. The minimum atomic E-state index is -0.396. The first-order valence-corrected chi connectivity index (χ1v) is 13.1. The normalized spacial score (nSPS) is 15.0. The van der Waals surface area contributed by atoms with Crippen molar-refractivity contribution in [3.63, 3.8) is 0 Å². The molecule has 204 valence electrons. The van der Waals surface area contributed by atoms with Crippen LogP contribution in [0.4, 0.5) is 0 Å². The quantitative estimate of drug-likeness (QED) is 0.350.